The first-order chi connectivity index (χ1) is 7.81. The molecule has 0 bridgehead atoms. The quantitative estimate of drug-likeness (QED) is 0.726. The van der Waals surface area contributed by atoms with E-state index < -0.39 is 0 Å². The zero-order valence-electron chi connectivity index (χ0n) is 9.52. The van der Waals surface area contributed by atoms with Crippen molar-refractivity contribution in [1.29, 1.82) is 0 Å². The standard InChI is InChI=1S/C13H16N2O/c1-3-4-5-7-11(2)12-10-13-15(14-12)8-6-9-16-13/h3-5,7,10H,2,6,8-9H2,1H3/b4-3-,7-5-. The van der Waals surface area contributed by atoms with Crippen molar-refractivity contribution >= 4 is 5.57 Å². The SMILES string of the molecule is C=C(/C=C\C=C/C)c1cc2n(n1)CCCO2. The summed E-state index contributed by atoms with van der Waals surface area (Å²) in [4.78, 5) is 0. The summed E-state index contributed by atoms with van der Waals surface area (Å²) in [6, 6.07) is 1.95. The largest absolute Gasteiger partial charge is 0.478 e. The van der Waals surface area contributed by atoms with Gasteiger partial charge in [-0.1, -0.05) is 30.9 Å². The summed E-state index contributed by atoms with van der Waals surface area (Å²) in [7, 11) is 0. The molecule has 0 radical (unpaired) electrons. The summed E-state index contributed by atoms with van der Waals surface area (Å²) in [6.45, 7) is 7.69. The van der Waals surface area contributed by atoms with Crippen molar-refractivity contribution < 1.29 is 4.74 Å². The molecule has 0 saturated heterocycles. The molecule has 84 valence electrons. The van der Waals surface area contributed by atoms with Gasteiger partial charge in [0.25, 0.3) is 0 Å². The highest BCUT2D eigenvalue weighted by molar-refractivity contribution is 5.70. The summed E-state index contributed by atoms with van der Waals surface area (Å²) in [5.41, 5.74) is 1.79. The fourth-order valence-corrected chi connectivity index (χ4v) is 1.59. The third-order valence-corrected chi connectivity index (χ3v) is 2.44. The highest BCUT2D eigenvalue weighted by Gasteiger charge is 2.13. The molecule has 3 nitrogen and oxygen atoms in total. The van der Waals surface area contributed by atoms with Crippen LogP contribution in [0.4, 0.5) is 0 Å². The number of allylic oxidation sites excluding steroid dienone is 5. The van der Waals surface area contributed by atoms with Gasteiger partial charge in [-0.2, -0.15) is 5.10 Å². The average Bonchev–Trinajstić information content (AvgIpc) is 2.73. The van der Waals surface area contributed by atoms with Crippen LogP contribution in [-0.2, 0) is 6.54 Å². The monoisotopic (exact) mass is 216 g/mol. The highest BCUT2D eigenvalue weighted by atomic mass is 16.5. The van der Waals surface area contributed by atoms with Gasteiger partial charge in [0, 0.05) is 19.0 Å². The first-order valence-electron chi connectivity index (χ1n) is 5.50. The van der Waals surface area contributed by atoms with Crippen LogP contribution in [0, 0.1) is 0 Å². The van der Waals surface area contributed by atoms with Crippen molar-refractivity contribution in [3.63, 3.8) is 0 Å². The maximum Gasteiger partial charge on any atom is 0.212 e. The minimum absolute atomic E-state index is 0.784. The number of hydrogen-bond acceptors (Lipinski definition) is 2. The molecule has 0 saturated carbocycles. The van der Waals surface area contributed by atoms with Crippen molar-refractivity contribution in [2.75, 3.05) is 6.61 Å². The fourth-order valence-electron chi connectivity index (χ4n) is 1.59. The van der Waals surface area contributed by atoms with E-state index in [1.54, 1.807) is 0 Å². The van der Waals surface area contributed by atoms with E-state index in [4.69, 9.17) is 4.74 Å². The van der Waals surface area contributed by atoms with Gasteiger partial charge in [-0.15, -0.1) is 0 Å². The predicted molar refractivity (Wildman–Crippen MR) is 65.3 cm³/mol. The van der Waals surface area contributed by atoms with Gasteiger partial charge in [0.15, 0.2) is 0 Å². The molecule has 2 rings (SSSR count). The molecule has 0 spiro atoms. The number of rotatable bonds is 3. The summed E-state index contributed by atoms with van der Waals surface area (Å²) >= 11 is 0. The second kappa shape index (κ2) is 4.84. The molecule has 1 aromatic rings. The second-order valence-corrected chi connectivity index (χ2v) is 3.70. The van der Waals surface area contributed by atoms with Gasteiger partial charge in [-0.05, 0) is 12.5 Å². The molecule has 16 heavy (non-hydrogen) atoms. The molecule has 1 aliphatic heterocycles. The lowest BCUT2D eigenvalue weighted by Crippen LogP contribution is -2.14. The fraction of sp³-hybridized carbons (Fsp3) is 0.308. The van der Waals surface area contributed by atoms with Gasteiger partial charge < -0.3 is 4.74 Å². The lowest BCUT2D eigenvalue weighted by molar-refractivity contribution is 0.230. The molecule has 1 aliphatic rings. The molecule has 2 heterocycles. The van der Waals surface area contributed by atoms with E-state index in [-0.39, 0.29) is 0 Å². The van der Waals surface area contributed by atoms with E-state index in [2.05, 4.69) is 11.7 Å². The third kappa shape index (κ3) is 2.24. The number of aromatic nitrogens is 2. The molecule has 0 unspecified atom stereocenters. The smallest absolute Gasteiger partial charge is 0.212 e. The first-order valence-corrected chi connectivity index (χ1v) is 5.50. The summed E-state index contributed by atoms with van der Waals surface area (Å²) < 4.78 is 7.40. The van der Waals surface area contributed by atoms with Crippen molar-refractivity contribution in [2.45, 2.75) is 19.9 Å². The first kappa shape index (κ1) is 10.7. The zero-order chi connectivity index (χ0) is 11.4. The van der Waals surface area contributed by atoms with E-state index >= 15 is 0 Å². The minimum atomic E-state index is 0.784. The Bertz CT molecular complexity index is 417. The molecule has 0 aliphatic carbocycles. The Morgan fingerprint density at radius 3 is 3.19 bits per heavy atom. The average molecular weight is 216 g/mol. The van der Waals surface area contributed by atoms with Gasteiger partial charge in [-0.3, -0.25) is 0 Å². The van der Waals surface area contributed by atoms with E-state index in [1.807, 2.05) is 42.0 Å². The Hall–Kier alpha value is -1.77. The van der Waals surface area contributed by atoms with Crippen LogP contribution >= 0.6 is 0 Å². The van der Waals surface area contributed by atoms with Crippen LogP contribution in [0.3, 0.4) is 0 Å². The number of hydrogen-bond donors (Lipinski definition) is 0. The van der Waals surface area contributed by atoms with Crippen LogP contribution < -0.4 is 4.74 Å². The maximum absolute atomic E-state index is 5.50. The molecule has 0 N–H and O–H groups in total. The third-order valence-electron chi connectivity index (χ3n) is 2.44. The summed E-state index contributed by atoms with van der Waals surface area (Å²) in [5, 5.41) is 4.45. The van der Waals surface area contributed by atoms with Gasteiger partial charge >= 0.3 is 0 Å². The molecular formula is C13H16N2O. The molecule has 0 aromatic carbocycles. The van der Waals surface area contributed by atoms with Crippen LogP contribution in [0.25, 0.3) is 5.57 Å². The molecule has 3 heteroatoms. The second-order valence-electron chi connectivity index (χ2n) is 3.70. The van der Waals surface area contributed by atoms with E-state index in [0.29, 0.717) is 0 Å². The van der Waals surface area contributed by atoms with Gasteiger partial charge in [0.1, 0.15) is 0 Å². The highest BCUT2D eigenvalue weighted by Crippen LogP contribution is 2.22. The van der Waals surface area contributed by atoms with Crippen LogP contribution in [-0.4, -0.2) is 16.4 Å². The van der Waals surface area contributed by atoms with E-state index in [9.17, 15) is 0 Å². The number of fused-ring (bicyclic) bond motifs is 1. The lowest BCUT2D eigenvalue weighted by atomic mass is 10.2. The topological polar surface area (TPSA) is 27.1 Å². The minimum Gasteiger partial charge on any atom is -0.478 e. The van der Waals surface area contributed by atoms with Crippen molar-refractivity contribution in [3.8, 4) is 5.88 Å². The normalized spacial score (nSPS) is 15.3. The van der Waals surface area contributed by atoms with E-state index in [0.717, 1.165) is 36.7 Å². The number of nitrogens with zero attached hydrogens (tertiary/aromatic N) is 2. The van der Waals surface area contributed by atoms with Crippen LogP contribution in [0.1, 0.15) is 19.0 Å². The van der Waals surface area contributed by atoms with E-state index in [1.165, 1.54) is 0 Å². The molecule has 0 fully saturated rings. The molecule has 1 aromatic heterocycles. The Labute approximate surface area is 95.7 Å². The lowest BCUT2D eigenvalue weighted by Gasteiger charge is -2.13. The number of ether oxygens (including phenoxy) is 1. The number of aryl methyl sites for hydroxylation is 1. The Morgan fingerprint density at radius 1 is 1.56 bits per heavy atom. The molecular weight excluding hydrogens is 200 g/mol. The van der Waals surface area contributed by atoms with Gasteiger partial charge in [-0.25, -0.2) is 4.68 Å². The van der Waals surface area contributed by atoms with Crippen molar-refractivity contribution in [2.24, 2.45) is 0 Å². The van der Waals surface area contributed by atoms with Gasteiger partial charge in [0.05, 0.1) is 12.3 Å². The molecule has 0 amide bonds. The Balaban J connectivity index is 2.15. The maximum atomic E-state index is 5.50. The zero-order valence-corrected chi connectivity index (χ0v) is 9.52. The van der Waals surface area contributed by atoms with Crippen LogP contribution in [0.5, 0.6) is 5.88 Å². The van der Waals surface area contributed by atoms with Crippen molar-refractivity contribution in [1.82, 2.24) is 9.78 Å². The molecule has 0 atom stereocenters. The predicted octanol–water partition coefficient (Wildman–Crippen LogP) is 2.81. The van der Waals surface area contributed by atoms with Crippen molar-refractivity contribution in [3.05, 3.63) is 42.6 Å². The van der Waals surface area contributed by atoms with Crippen LogP contribution in [0.2, 0.25) is 0 Å². The Kier molecular flexibility index (Phi) is 3.25. The van der Waals surface area contributed by atoms with Gasteiger partial charge in [0.2, 0.25) is 5.88 Å². The summed E-state index contributed by atoms with van der Waals surface area (Å²) in [6.07, 6.45) is 8.88. The Morgan fingerprint density at radius 2 is 2.44 bits per heavy atom. The summed E-state index contributed by atoms with van der Waals surface area (Å²) in [5.74, 6) is 0.849. The van der Waals surface area contributed by atoms with Crippen LogP contribution in [0.15, 0.2) is 36.9 Å².